The Morgan fingerprint density at radius 3 is 2.71 bits per heavy atom. The highest BCUT2D eigenvalue weighted by Gasteiger charge is 2.56. The van der Waals surface area contributed by atoms with Crippen molar-refractivity contribution in [2.75, 3.05) is 5.32 Å². The Kier molecular flexibility index (Phi) is 6.19. The lowest BCUT2D eigenvalue weighted by Crippen LogP contribution is -2.58. The molecule has 0 unspecified atom stereocenters. The number of nitrogens with one attached hydrogen (secondary N) is 2. The maximum atomic E-state index is 12.8. The number of hydrogen-bond acceptors (Lipinski definition) is 5. The Morgan fingerprint density at radius 1 is 1.29 bits per heavy atom. The summed E-state index contributed by atoms with van der Waals surface area (Å²) in [5, 5.41) is 10.7. The summed E-state index contributed by atoms with van der Waals surface area (Å²) in [4.78, 5) is 28.9. The van der Waals surface area contributed by atoms with E-state index in [4.69, 9.17) is 0 Å². The lowest BCUT2D eigenvalue weighted by atomic mass is 9.45. The number of aryl methyl sites for hydroxylation is 1. The number of carbonyl (C=O) groups is 1. The van der Waals surface area contributed by atoms with Gasteiger partial charge in [-0.15, -0.1) is 0 Å². The van der Waals surface area contributed by atoms with E-state index in [0.717, 1.165) is 29.5 Å². The number of fused-ring (bicyclic) bond motifs is 2. The monoisotopic (exact) mass is 487 g/mol. The zero-order chi connectivity index (χ0) is 22.2. The van der Waals surface area contributed by atoms with Crippen LogP contribution in [0.2, 0.25) is 0 Å². The minimum atomic E-state index is -0.221. The summed E-state index contributed by atoms with van der Waals surface area (Å²) in [6.07, 6.45) is 7.70. The number of carbonyl (C=O) groups excluding carboxylic acids is 1. The Hall–Kier alpha value is -2.22. The predicted octanol–water partition coefficient (Wildman–Crippen LogP) is 3.59. The first kappa shape index (κ1) is 22.0. The van der Waals surface area contributed by atoms with Gasteiger partial charge in [0, 0.05) is 31.4 Å². The SMILES string of the molecule is C[C@@H]1[C@H]2C[C@@H](C[C@H]1Nc1cnn(CCC(=O)NCc3ccncc3)c(=O)c1Br)C2(C)C. The lowest BCUT2D eigenvalue weighted by Gasteiger charge is -2.62. The van der Waals surface area contributed by atoms with Crippen molar-refractivity contribution >= 4 is 27.5 Å². The number of pyridine rings is 1. The van der Waals surface area contributed by atoms with Gasteiger partial charge in [0.1, 0.15) is 4.47 Å². The van der Waals surface area contributed by atoms with Gasteiger partial charge in [0.25, 0.3) is 5.56 Å². The number of hydrogen-bond donors (Lipinski definition) is 2. The maximum Gasteiger partial charge on any atom is 0.283 e. The van der Waals surface area contributed by atoms with Crippen LogP contribution in [0.5, 0.6) is 0 Å². The van der Waals surface area contributed by atoms with Gasteiger partial charge in [-0.3, -0.25) is 14.6 Å². The highest BCUT2D eigenvalue weighted by Crippen LogP contribution is 2.61. The highest BCUT2D eigenvalue weighted by atomic mass is 79.9. The molecule has 7 nitrogen and oxygen atoms in total. The first-order chi connectivity index (χ1) is 14.8. The number of amides is 1. The van der Waals surface area contributed by atoms with Crippen LogP contribution in [0.4, 0.5) is 5.69 Å². The molecule has 2 bridgehead atoms. The van der Waals surface area contributed by atoms with E-state index in [2.05, 4.69) is 57.4 Å². The molecule has 2 aromatic heterocycles. The van der Waals surface area contributed by atoms with Gasteiger partial charge in [-0.2, -0.15) is 5.10 Å². The topological polar surface area (TPSA) is 88.9 Å². The van der Waals surface area contributed by atoms with Gasteiger partial charge in [-0.05, 0) is 69.6 Å². The van der Waals surface area contributed by atoms with Gasteiger partial charge < -0.3 is 10.6 Å². The van der Waals surface area contributed by atoms with E-state index in [1.807, 2.05) is 12.1 Å². The van der Waals surface area contributed by atoms with Gasteiger partial charge in [0.2, 0.25) is 5.91 Å². The van der Waals surface area contributed by atoms with Crippen molar-refractivity contribution in [1.29, 1.82) is 0 Å². The van der Waals surface area contributed by atoms with Crippen LogP contribution in [-0.4, -0.2) is 26.7 Å². The summed E-state index contributed by atoms with van der Waals surface area (Å²) in [7, 11) is 0. The standard InChI is InChI=1S/C23H30BrN5O2/c1-14-17-10-16(23(17,2)3)11-18(14)28-19-13-27-29(22(31)21(19)24)9-6-20(30)26-12-15-4-7-25-8-5-15/h4-5,7-8,13-14,16-18,28H,6,9-12H2,1-3H3,(H,26,30)/t14-,16+,17-,18-/m1/s1. The highest BCUT2D eigenvalue weighted by molar-refractivity contribution is 9.10. The molecule has 0 aromatic carbocycles. The Morgan fingerprint density at radius 2 is 2.03 bits per heavy atom. The summed E-state index contributed by atoms with van der Waals surface area (Å²) >= 11 is 3.45. The molecule has 3 aliphatic rings. The van der Waals surface area contributed by atoms with Gasteiger partial charge in [0.15, 0.2) is 0 Å². The molecule has 3 fully saturated rings. The Labute approximate surface area is 191 Å². The van der Waals surface area contributed by atoms with Crippen LogP contribution in [-0.2, 0) is 17.9 Å². The Balaban J connectivity index is 1.33. The van der Waals surface area contributed by atoms with Crippen molar-refractivity contribution < 1.29 is 4.79 Å². The first-order valence-corrected chi connectivity index (χ1v) is 11.7. The zero-order valence-electron chi connectivity index (χ0n) is 18.3. The first-order valence-electron chi connectivity index (χ1n) is 10.9. The molecule has 1 amide bonds. The van der Waals surface area contributed by atoms with E-state index in [1.165, 1.54) is 11.1 Å². The maximum absolute atomic E-state index is 12.8. The molecule has 2 aromatic rings. The molecule has 2 N–H and O–H groups in total. The van der Waals surface area contributed by atoms with Crippen LogP contribution in [0.1, 0.15) is 45.6 Å². The third-order valence-corrected chi connectivity index (χ3v) is 8.24. The quantitative estimate of drug-likeness (QED) is 0.622. The number of aromatic nitrogens is 3. The molecule has 166 valence electrons. The molecule has 5 rings (SSSR count). The number of halogens is 1. The third kappa shape index (κ3) is 4.40. The van der Waals surface area contributed by atoms with Gasteiger partial charge in [-0.1, -0.05) is 20.8 Å². The smallest absolute Gasteiger partial charge is 0.283 e. The molecular weight excluding hydrogens is 458 g/mol. The number of nitrogens with zero attached hydrogens (tertiary/aromatic N) is 3. The second-order valence-electron chi connectivity index (χ2n) is 9.49. The molecule has 3 saturated carbocycles. The molecule has 0 saturated heterocycles. The zero-order valence-corrected chi connectivity index (χ0v) is 19.9. The average molecular weight is 488 g/mol. The van der Waals surface area contributed by atoms with Crippen molar-refractivity contribution in [2.45, 2.75) is 59.2 Å². The van der Waals surface area contributed by atoms with Crippen LogP contribution in [0.3, 0.4) is 0 Å². The van der Waals surface area contributed by atoms with Gasteiger partial charge in [0.05, 0.1) is 18.4 Å². The lowest BCUT2D eigenvalue weighted by molar-refractivity contribution is -0.121. The normalized spacial score (nSPS) is 26.1. The van der Waals surface area contributed by atoms with Crippen LogP contribution < -0.4 is 16.2 Å². The van der Waals surface area contributed by atoms with Crippen molar-refractivity contribution in [1.82, 2.24) is 20.1 Å². The van der Waals surface area contributed by atoms with Crippen LogP contribution >= 0.6 is 15.9 Å². The third-order valence-electron chi connectivity index (χ3n) is 7.47. The van der Waals surface area contributed by atoms with E-state index < -0.39 is 0 Å². The summed E-state index contributed by atoms with van der Waals surface area (Å²) in [6.45, 7) is 7.74. The summed E-state index contributed by atoms with van der Waals surface area (Å²) < 4.78 is 1.82. The van der Waals surface area contributed by atoms with Crippen molar-refractivity contribution in [3.8, 4) is 0 Å². The van der Waals surface area contributed by atoms with E-state index in [1.54, 1.807) is 18.6 Å². The van der Waals surface area contributed by atoms with Crippen molar-refractivity contribution in [2.24, 2.45) is 23.2 Å². The summed E-state index contributed by atoms with van der Waals surface area (Å²) in [5.74, 6) is 1.89. The molecule has 3 aliphatic carbocycles. The minimum Gasteiger partial charge on any atom is -0.380 e. The molecule has 8 heteroatoms. The summed E-state index contributed by atoms with van der Waals surface area (Å²) in [5.41, 5.74) is 1.92. The van der Waals surface area contributed by atoms with Crippen LogP contribution in [0, 0.1) is 23.2 Å². The molecular formula is C23H30BrN5O2. The number of rotatable bonds is 7. The molecule has 2 heterocycles. The van der Waals surface area contributed by atoms with E-state index in [0.29, 0.717) is 28.4 Å². The fourth-order valence-corrected chi connectivity index (χ4v) is 5.68. The average Bonchev–Trinajstić information content (AvgIpc) is 2.76. The molecule has 0 aliphatic heterocycles. The second-order valence-corrected chi connectivity index (χ2v) is 10.3. The van der Waals surface area contributed by atoms with Crippen LogP contribution in [0.25, 0.3) is 0 Å². The predicted molar refractivity (Wildman–Crippen MR) is 123 cm³/mol. The Bertz CT molecular complexity index is 1010. The van der Waals surface area contributed by atoms with Gasteiger partial charge >= 0.3 is 0 Å². The minimum absolute atomic E-state index is 0.123. The van der Waals surface area contributed by atoms with Crippen molar-refractivity contribution in [3.05, 3.63) is 51.1 Å². The van der Waals surface area contributed by atoms with Crippen LogP contribution in [0.15, 0.2) is 40.0 Å². The largest absolute Gasteiger partial charge is 0.380 e. The van der Waals surface area contributed by atoms with Gasteiger partial charge in [-0.25, -0.2) is 4.68 Å². The van der Waals surface area contributed by atoms with Crippen molar-refractivity contribution in [3.63, 3.8) is 0 Å². The van der Waals surface area contributed by atoms with E-state index in [9.17, 15) is 9.59 Å². The molecule has 4 atom stereocenters. The fraction of sp³-hybridized carbons (Fsp3) is 0.565. The molecule has 31 heavy (non-hydrogen) atoms. The van der Waals surface area contributed by atoms with E-state index >= 15 is 0 Å². The fourth-order valence-electron chi connectivity index (χ4n) is 5.26. The number of anilines is 1. The van der Waals surface area contributed by atoms with E-state index in [-0.39, 0.29) is 24.4 Å². The second kappa shape index (κ2) is 8.73. The molecule has 0 radical (unpaired) electrons. The molecule has 0 spiro atoms. The summed E-state index contributed by atoms with van der Waals surface area (Å²) in [6, 6.07) is 4.06.